The van der Waals surface area contributed by atoms with Gasteiger partial charge in [0.1, 0.15) is 17.5 Å². The summed E-state index contributed by atoms with van der Waals surface area (Å²) in [6, 6.07) is 1.80. The van der Waals surface area contributed by atoms with Gasteiger partial charge in [-0.2, -0.15) is 4.98 Å². The molecule has 0 atom stereocenters. The summed E-state index contributed by atoms with van der Waals surface area (Å²) < 4.78 is 11.6. The molecule has 0 aromatic carbocycles. The van der Waals surface area contributed by atoms with Crippen molar-refractivity contribution in [2.45, 2.75) is 71.1 Å². The number of rotatable bonds is 6. The number of pyridine rings is 1. The highest BCUT2D eigenvalue weighted by atomic mass is 79.9. The molecule has 1 aliphatic rings. The molecule has 1 saturated carbocycles. The van der Waals surface area contributed by atoms with Crippen LogP contribution in [-0.4, -0.2) is 41.3 Å². The van der Waals surface area contributed by atoms with E-state index >= 15 is 0 Å². The Morgan fingerprint density at radius 2 is 1.93 bits per heavy atom. The Bertz CT molecular complexity index is 713. The second kappa shape index (κ2) is 9.45. The summed E-state index contributed by atoms with van der Waals surface area (Å²) in [6.07, 6.45) is 2.74. The first-order chi connectivity index (χ1) is 13.1. The van der Waals surface area contributed by atoms with E-state index in [-0.39, 0.29) is 35.2 Å². The SMILES string of the molecule is CCOc1nc(NC2CCC(OC(=O)NC(C)(C)C)CC2)c(Br)cc1C(N)=O. The second-order valence-corrected chi connectivity index (χ2v) is 8.72. The van der Waals surface area contributed by atoms with Crippen LogP contribution in [0.15, 0.2) is 10.5 Å². The number of aromatic nitrogens is 1. The number of amides is 2. The van der Waals surface area contributed by atoms with Crippen molar-refractivity contribution >= 4 is 33.7 Å². The lowest BCUT2D eigenvalue weighted by Crippen LogP contribution is -2.43. The molecular weight excluding hydrogens is 428 g/mol. The van der Waals surface area contributed by atoms with Gasteiger partial charge in [-0.3, -0.25) is 4.79 Å². The van der Waals surface area contributed by atoms with Crippen molar-refractivity contribution in [2.24, 2.45) is 5.73 Å². The summed E-state index contributed by atoms with van der Waals surface area (Å²) >= 11 is 3.43. The normalized spacial score (nSPS) is 19.6. The monoisotopic (exact) mass is 456 g/mol. The number of anilines is 1. The first-order valence-electron chi connectivity index (χ1n) is 9.47. The van der Waals surface area contributed by atoms with Crippen molar-refractivity contribution in [3.63, 3.8) is 0 Å². The van der Waals surface area contributed by atoms with Crippen molar-refractivity contribution in [1.82, 2.24) is 10.3 Å². The molecule has 0 unspecified atom stereocenters. The van der Waals surface area contributed by atoms with Crippen molar-refractivity contribution in [1.29, 1.82) is 0 Å². The fourth-order valence-corrected chi connectivity index (χ4v) is 3.43. The number of nitrogens with two attached hydrogens (primary N) is 1. The first kappa shape index (κ1) is 22.3. The molecule has 1 fully saturated rings. The summed E-state index contributed by atoms with van der Waals surface area (Å²) in [7, 11) is 0. The number of hydrogen-bond acceptors (Lipinski definition) is 6. The number of halogens is 1. The molecule has 0 aliphatic heterocycles. The van der Waals surface area contributed by atoms with Gasteiger partial charge < -0.3 is 25.8 Å². The molecule has 1 aliphatic carbocycles. The van der Waals surface area contributed by atoms with Crippen LogP contribution in [0.4, 0.5) is 10.6 Å². The molecule has 9 heteroatoms. The Balaban J connectivity index is 1.95. The smallest absolute Gasteiger partial charge is 0.407 e. The standard InChI is InChI=1S/C19H29BrN4O4/c1-5-27-17-13(15(21)25)10-14(20)16(23-17)22-11-6-8-12(9-7-11)28-18(26)24-19(2,3)4/h10-12H,5-9H2,1-4H3,(H2,21,25)(H,22,23)(H,24,26). The number of hydrogen-bond donors (Lipinski definition) is 3. The molecule has 2 amide bonds. The maximum absolute atomic E-state index is 11.9. The van der Waals surface area contributed by atoms with Crippen LogP contribution in [0.25, 0.3) is 0 Å². The Kier molecular flexibility index (Phi) is 7.51. The highest BCUT2D eigenvalue weighted by molar-refractivity contribution is 9.10. The number of ether oxygens (including phenoxy) is 2. The Labute approximate surface area is 174 Å². The Hall–Kier alpha value is -2.03. The number of nitrogens with zero attached hydrogens (tertiary/aromatic N) is 1. The molecule has 4 N–H and O–H groups in total. The van der Waals surface area contributed by atoms with Crippen molar-refractivity contribution in [3.8, 4) is 5.88 Å². The van der Waals surface area contributed by atoms with Crippen LogP contribution in [0.2, 0.25) is 0 Å². The van der Waals surface area contributed by atoms with Crippen LogP contribution >= 0.6 is 15.9 Å². The second-order valence-electron chi connectivity index (χ2n) is 7.87. The van der Waals surface area contributed by atoms with Gasteiger partial charge >= 0.3 is 6.09 Å². The lowest BCUT2D eigenvalue weighted by molar-refractivity contribution is 0.0681. The van der Waals surface area contributed by atoms with Crippen LogP contribution in [0.1, 0.15) is 63.7 Å². The number of nitrogens with one attached hydrogen (secondary N) is 2. The topological polar surface area (TPSA) is 116 Å². The summed E-state index contributed by atoms with van der Waals surface area (Å²) in [5, 5.41) is 6.19. The van der Waals surface area contributed by atoms with Crippen molar-refractivity contribution in [2.75, 3.05) is 11.9 Å². The van der Waals surface area contributed by atoms with Crippen LogP contribution < -0.4 is 21.1 Å². The third-order valence-electron chi connectivity index (χ3n) is 4.25. The molecule has 1 aromatic heterocycles. The molecule has 1 aromatic rings. The van der Waals surface area contributed by atoms with Crippen LogP contribution in [0, 0.1) is 0 Å². The minimum Gasteiger partial charge on any atom is -0.477 e. The predicted octanol–water partition coefficient (Wildman–Crippen LogP) is 3.59. The molecule has 0 saturated heterocycles. The number of carbonyl (C=O) groups is 2. The van der Waals surface area contributed by atoms with E-state index in [1.165, 1.54) is 0 Å². The van der Waals surface area contributed by atoms with E-state index in [0.717, 1.165) is 25.7 Å². The van der Waals surface area contributed by atoms with Gasteiger partial charge in [0.2, 0.25) is 5.88 Å². The third kappa shape index (κ3) is 6.54. The minimum absolute atomic E-state index is 0.0898. The Morgan fingerprint density at radius 3 is 2.46 bits per heavy atom. The maximum Gasteiger partial charge on any atom is 0.407 e. The largest absolute Gasteiger partial charge is 0.477 e. The zero-order valence-corrected chi connectivity index (χ0v) is 18.4. The average Bonchev–Trinajstić information content (AvgIpc) is 2.57. The summed E-state index contributed by atoms with van der Waals surface area (Å²) in [5.74, 6) is 0.231. The highest BCUT2D eigenvalue weighted by Gasteiger charge is 2.26. The maximum atomic E-state index is 11.9. The molecular formula is C19H29BrN4O4. The van der Waals surface area contributed by atoms with E-state index in [1.807, 2.05) is 27.7 Å². The van der Waals surface area contributed by atoms with E-state index in [4.69, 9.17) is 15.2 Å². The number of carbonyl (C=O) groups excluding carboxylic acids is 2. The highest BCUT2D eigenvalue weighted by Crippen LogP contribution is 2.31. The predicted molar refractivity (Wildman–Crippen MR) is 111 cm³/mol. The minimum atomic E-state index is -0.589. The van der Waals surface area contributed by atoms with Gasteiger partial charge in [-0.15, -0.1) is 0 Å². The fraction of sp³-hybridized carbons (Fsp3) is 0.632. The average molecular weight is 457 g/mol. The van der Waals surface area contributed by atoms with E-state index in [0.29, 0.717) is 16.9 Å². The molecule has 8 nitrogen and oxygen atoms in total. The van der Waals surface area contributed by atoms with Crippen molar-refractivity contribution < 1.29 is 19.1 Å². The number of alkyl carbamates (subject to hydrolysis) is 1. The van der Waals surface area contributed by atoms with Crippen LogP contribution in [-0.2, 0) is 4.74 Å². The van der Waals surface area contributed by atoms with Crippen molar-refractivity contribution in [3.05, 3.63) is 16.1 Å². The third-order valence-corrected chi connectivity index (χ3v) is 4.86. The summed E-state index contributed by atoms with van der Waals surface area (Å²) in [6.45, 7) is 7.95. The molecule has 2 rings (SSSR count). The van der Waals surface area contributed by atoms with E-state index in [9.17, 15) is 9.59 Å². The summed E-state index contributed by atoms with van der Waals surface area (Å²) in [5.41, 5.74) is 5.32. The van der Waals surface area contributed by atoms with Gasteiger partial charge in [-0.1, -0.05) is 0 Å². The zero-order chi connectivity index (χ0) is 20.9. The van der Waals surface area contributed by atoms with E-state index < -0.39 is 5.91 Å². The number of primary amides is 1. The molecule has 0 radical (unpaired) electrons. The van der Waals surface area contributed by atoms with E-state index in [2.05, 4.69) is 31.5 Å². The van der Waals surface area contributed by atoms with E-state index in [1.54, 1.807) is 6.07 Å². The molecule has 0 spiro atoms. The van der Waals surface area contributed by atoms with Gasteiger partial charge in [-0.05, 0) is 75.4 Å². The van der Waals surface area contributed by atoms with Crippen LogP contribution in [0.3, 0.4) is 0 Å². The van der Waals surface area contributed by atoms with Gasteiger partial charge in [0.25, 0.3) is 5.91 Å². The van der Waals surface area contributed by atoms with Gasteiger partial charge in [0, 0.05) is 11.6 Å². The molecule has 156 valence electrons. The quantitative estimate of drug-likeness (QED) is 0.602. The lowest BCUT2D eigenvalue weighted by atomic mass is 9.93. The van der Waals surface area contributed by atoms with Gasteiger partial charge in [0.15, 0.2) is 0 Å². The van der Waals surface area contributed by atoms with Crippen LogP contribution in [0.5, 0.6) is 5.88 Å². The molecule has 1 heterocycles. The lowest BCUT2D eigenvalue weighted by Gasteiger charge is -2.30. The van der Waals surface area contributed by atoms with Gasteiger partial charge in [0.05, 0.1) is 11.1 Å². The zero-order valence-electron chi connectivity index (χ0n) is 16.8. The molecule has 28 heavy (non-hydrogen) atoms. The fourth-order valence-electron chi connectivity index (χ4n) is 3.00. The first-order valence-corrected chi connectivity index (χ1v) is 10.3. The Morgan fingerprint density at radius 1 is 1.29 bits per heavy atom. The molecule has 0 bridgehead atoms. The summed E-state index contributed by atoms with van der Waals surface area (Å²) in [4.78, 5) is 27.9. The van der Waals surface area contributed by atoms with Gasteiger partial charge in [-0.25, -0.2) is 4.79 Å².